The predicted molar refractivity (Wildman–Crippen MR) is 138 cm³/mol. The third-order valence-corrected chi connectivity index (χ3v) is 7.21. The van der Waals surface area contributed by atoms with Crippen molar-refractivity contribution in [3.8, 4) is 28.2 Å². The van der Waals surface area contributed by atoms with Crippen LogP contribution in [0.1, 0.15) is 36.6 Å². The van der Waals surface area contributed by atoms with Crippen LogP contribution in [0.5, 0.6) is 0 Å². The average Bonchev–Trinajstić information content (AvgIpc) is 3.59. The van der Waals surface area contributed by atoms with Crippen LogP contribution in [-0.4, -0.2) is 42.9 Å². The second-order valence-corrected chi connectivity index (χ2v) is 9.52. The van der Waals surface area contributed by atoms with Gasteiger partial charge in [-0.25, -0.2) is 9.36 Å². The van der Waals surface area contributed by atoms with Gasteiger partial charge in [0.1, 0.15) is 11.4 Å². The summed E-state index contributed by atoms with van der Waals surface area (Å²) in [4.78, 5) is 4.30. The fourth-order valence-electron chi connectivity index (χ4n) is 5.29. The molecule has 1 N–H and O–H groups in total. The van der Waals surface area contributed by atoms with Crippen LogP contribution in [0.2, 0.25) is 0 Å². The third kappa shape index (κ3) is 3.79. The number of nitrogens with zero attached hydrogens (tertiary/aromatic N) is 6. The molecule has 7 rings (SSSR count). The van der Waals surface area contributed by atoms with E-state index in [1.807, 2.05) is 27.8 Å². The first-order valence-corrected chi connectivity index (χ1v) is 12.6. The highest BCUT2D eigenvalue weighted by Gasteiger charge is 2.23. The predicted octanol–water partition coefficient (Wildman–Crippen LogP) is 4.69. The van der Waals surface area contributed by atoms with Crippen LogP contribution in [0.3, 0.4) is 0 Å². The van der Waals surface area contributed by atoms with E-state index in [0.29, 0.717) is 0 Å². The Morgan fingerprint density at radius 2 is 2.00 bits per heavy atom. The lowest BCUT2D eigenvalue weighted by atomic mass is 10.0. The van der Waals surface area contributed by atoms with Gasteiger partial charge < -0.3 is 10.1 Å². The van der Waals surface area contributed by atoms with Gasteiger partial charge in [-0.05, 0) is 79.3 Å². The SMILES string of the molecule is c1cncc(-c2ccc3c(c2)c(-c2cn(-c4ccc5c(c4)CNCC5)nn2)nn3C2CCCCO2)c1. The zero-order chi connectivity index (χ0) is 23.9. The van der Waals surface area contributed by atoms with E-state index in [4.69, 9.17) is 9.84 Å². The number of hydrogen-bond acceptors (Lipinski definition) is 6. The van der Waals surface area contributed by atoms with Crippen LogP contribution in [0, 0.1) is 0 Å². The summed E-state index contributed by atoms with van der Waals surface area (Å²) in [6, 6.07) is 17.0. The lowest BCUT2D eigenvalue weighted by Crippen LogP contribution is -2.23. The van der Waals surface area contributed by atoms with E-state index in [-0.39, 0.29) is 6.23 Å². The standard InChI is InChI=1S/C28H27N7O/c1-2-13-36-27(5-1)35-26-9-7-20(21-4-3-11-29-16-21)15-24(26)28(32-35)25-18-34(33-31-25)23-8-6-19-10-12-30-17-22(19)14-23/h3-4,6-9,11,14-16,18,27,30H,1-2,5,10,12-13,17H2. The summed E-state index contributed by atoms with van der Waals surface area (Å²) in [7, 11) is 0. The Labute approximate surface area is 208 Å². The maximum atomic E-state index is 6.11. The quantitative estimate of drug-likeness (QED) is 0.404. The molecule has 3 aromatic heterocycles. The van der Waals surface area contributed by atoms with Gasteiger partial charge in [-0.15, -0.1) is 5.10 Å². The molecule has 8 heteroatoms. The summed E-state index contributed by atoms with van der Waals surface area (Å²) in [5.74, 6) is 0. The van der Waals surface area contributed by atoms with Crippen molar-refractivity contribution in [2.45, 2.75) is 38.5 Å². The van der Waals surface area contributed by atoms with Crippen molar-refractivity contribution in [3.63, 3.8) is 0 Å². The Kier molecular flexibility index (Phi) is 5.33. The van der Waals surface area contributed by atoms with Crippen molar-refractivity contribution >= 4 is 10.9 Å². The molecule has 1 unspecified atom stereocenters. The summed E-state index contributed by atoms with van der Waals surface area (Å²) in [5, 5.41) is 18.6. The third-order valence-electron chi connectivity index (χ3n) is 7.21. The van der Waals surface area contributed by atoms with Gasteiger partial charge in [0.05, 0.1) is 17.4 Å². The van der Waals surface area contributed by atoms with Gasteiger partial charge in [0, 0.05) is 36.5 Å². The molecule has 8 nitrogen and oxygen atoms in total. The van der Waals surface area contributed by atoms with Crippen molar-refractivity contribution in [1.82, 2.24) is 35.1 Å². The molecular weight excluding hydrogens is 450 g/mol. The van der Waals surface area contributed by atoms with Gasteiger partial charge in [0.2, 0.25) is 0 Å². The topological polar surface area (TPSA) is 82.7 Å². The van der Waals surface area contributed by atoms with Gasteiger partial charge in [-0.3, -0.25) is 4.98 Å². The van der Waals surface area contributed by atoms with Crippen molar-refractivity contribution in [2.24, 2.45) is 0 Å². The van der Waals surface area contributed by atoms with E-state index in [2.05, 4.69) is 63.1 Å². The van der Waals surface area contributed by atoms with Crippen LogP contribution in [-0.2, 0) is 17.7 Å². The molecule has 0 saturated carbocycles. The Morgan fingerprint density at radius 1 is 1.00 bits per heavy atom. The molecule has 2 aromatic carbocycles. The van der Waals surface area contributed by atoms with E-state index in [1.54, 1.807) is 6.20 Å². The van der Waals surface area contributed by atoms with Crippen molar-refractivity contribution < 1.29 is 4.74 Å². The van der Waals surface area contributed by atoms with Crippen molar-refractivity contribution in [3.05, 3.63) is 78.2 Å². The highest BCUT2D eigenvalue weighted by molar-refractivity contribution is 5.95. The molecule has 2 aliphatic rings. The summed E-state index contributed by atoms with van der Waals surface area (Å²) in [6.07, 6.45) is 9.83. The number of benzene rings is 2. The minimum atomic E-state index is -0.0672. The summed E-state index contributed by atoms with van der Waals surface area (Å²) in [6.45, 7) is 2.68. The van der Waals surface area contributed by atoms with E-state index in [0.717, 1.165) is 84.5 Å². The zero-order valence-corrected chi connectivity index (χ0v) is 20.0. The Morgan fingerprint density at radius 3 is 2.89 bits per heavy atom. The van der Waals surface area contributed by atoms with Crippen LogP contribution >= 0.6 is 0 Å². The molecule has 0 amide bonds. The molecule has 5 heterocycles. The molecule has 1 atom stereocenters. The molecule has 0 spiro atoms. The monoisotopic (exact) mass is 477 g/mol. The number of pyridine rings is 1. The first-order valence-electron chi connectivity index (χ1n) is 12.6. The number of aromatic nitrogens is 6. The second kappa shape index (κ2) is 8.96. The summed E-state index contributed by atoms with van der Waals surface area (Å²) in [5.41, 5.74) is 8.49. The fourth-order valence-corrected chi connectivity index (χ4v) is 5.29. The first kappa shape index (κ1) is 21.4. The Balaban J connectivity index is 1.33. The van der Waals surface area contributed by atoms with Crippen LogP contribution in [0.15, 0.2) is 67.1 Å². The van der Waals surface area contributed by atoms with E-state index >= 15 is 0 Å². The Hall–Kier alpha value is -3.88. The average molecular weight is 478 g/mol. The minimum Gasteiger partial charge on any atom is -0.356 e. The fraction of sp³-hybridized carbons (Fsp3) is 0.286. The molecule has 180 valence electrons. The Bertz CT molecular complexity index is 1530. The largest absolute Gasteiger partial charge is 0.356 e. The first-order chi connectivity index (χ1) is 17.8. The number of ether oxygens (including phenoxy) is 1. The van der Waals surface area contributed by atoms with E-state index in [1.165, 1.54) is 11.1 Å². The van der Waals surface area contributed by atoms with Gasteiger partial charge in [0.25, 0.3) is 0 Å². The molecule has 1 fully saturated rings. The molecule has 5 aromatic rings. The molecular formula is C28H27N7O. The van der Waals surface area contributed by atoms with Gasteiger partial charge in [0.15, 0.2) is 6.23 Å². The van der Waals surface area contributed by atoms with Gasteiger partial charge in [-0.1, -0.05) is 23.4 Å². The maximum absolute atomic E-state index is 6.11. The van der Waals surface area contributed by atoms with E-state index in [9.17, 15) is 0 Å². The molecule has 36 heavy (non-hydrogen) atoms. The smallest absolute Gasteiger partial charge is 0.150 e. The number of fused-ring (bicyclic) bond motifs is 2. The lowest BCUT2D eigenvalue weighted by Gasteiger charge is -2.23. The van der Waals surface area contributed by atoms with E-state index < -0.39 is 0 Å². The summed E-state index contributed by atoms with van der Waals surface area (Å²) >= 11 is 0. The van der Waals surface area contributed by atoms with Crippen molar-refractivity contribution in [2.75, 3.05) is 13.2 Å². The highest BCUT2D eigenvalue weighted by atomic mass is 16.5. The zero-order valence-electron chi connectivity index (χ0n) is 20.0. The van der Waals surface area contributed by atoms with Gasteiger partial charge >= 0.3 is 0 Å². The maximum Gasteiger partial charge on any atom is 0.150 e. The van der Waals surface area contributed by atoms with Crippen molar-refractivity contribution in [1.29, 1.82) is 0 Å². The summed E-state index contributed by atoms with van der Waals surface area (Å²) < 4.78 is 9.98. The molecule has 0 bridgehead atoms. The second-order valence-electron chi connectivity index (χ2n) is 9.52. The molecule has 0 radical (unpaired) electrons. The molecule has 2 aliphatic heterocycles. The minimum absolute atomic E-state index is 0.0672. The highest BCUT2D eigenvalue weighted by Crippen LogP contribution is 2.35. The number of hydrogen-bond donors (Lipinski definition) is 1. The lowest BCUT2D eigenvalue weighted by molar-refractivity contribution is -0.0365. The number of rotatable bonds is 4. The van der Waals surface area contributed by atoms with Crippen LogP contribution in [0.4, 0.5) is 0 Å². The normalized spacial score (nSPS) is 17.8. The molecule has 1 saturated heterocycles. The van der Waals surface area contributed by atoms with Crippen LogP contribution in [0.25, 0.3) is 39.1 Å². The molecule has 0 aliphatic carbocycles. The van der Waals surface area contributed by atoms with Crippen LogP contribution < -0.4 is 5.32 Å². The van der Waals surface area contributed by atoms with Gasteiger partial charge in [-0.2, -0.15) is 5.10 Å². The number of nitrogens with one attached hydrogen (secondary N) is 1.